The van der Waals surface area contributed by atoms with Gasteiger partial charge in [0.05, 0.1) is 23.1 Å². The highest BCUT2D eigenvalue weighted by Crippen LogP contribution is 2.31. The van der Waals surface area contributed by atoms with E-state index < -0.39 is 5.82 Å². The van der Waals surface area contributed by atoms with E-state index in [1.54, 1.807) is 47.4 Å². The summed E-state index contributed by atoms with van der Waals surface area (Å²) in [7, 11) is 0. The van der Waals surface area contributed by atoms with Gasteiger partial charge in [-0.25, -0.2) is 9.37 Å². The number of carbonyl (C=O) groups is 1. The Morgan fingerprint density at radius 1 is 1.00 bits per heavy atom. The normalized spacial score (nSPS) is 17.2. The minimum absolute atomic E-state index is 0.0289. The van der Waals surface area contributed by atoms with E-state index in [1.807, 2.05) is 0 Å². The summed E-state index contributed by atoms with van der Waals surface area (Å²) in [5.41, 5.74) is 0.783. The molecule has 0 amide bonds. The quantitative estimate of drug-likeness (QED) is 0.605. The first kappa shape index (κ1) is 21.3. The number of hydrogen-bond donors (Lipinski definition) is 2. The second-order valence-corrected chi connectivity index (χ2v) is 8.45. The van der Waals surface area contributed by atoms with Crippen molar-refractivity contribution in [2.24, 2.45) is 0 Å². The maximum Gasteiger partial charge on any atom is 0.259 e. The summed E-state index contributed by atoms with van der Waals surface area (Å²) in [5, 5.41) is 3.82. The number of halogens is 1. The van der Waals surface area contributed by atoms with E-state index in [0.29, 0.717) is 29.0 Å². The molecule has 33 heavy (non-hydrogen) atoms. The van der Waals surface area contributed by atoms with Gasteiger partial charge in [0.2, 0.25) is 0 Å². The molecule has 3 heterocycles. The number of nitrogens with one attached hydrogen (secondary N) is 2. The van der Waals surface area contributed by atoms with Crippen molar-refractivity contribution in [1.29, 1.82) is 0 Å². The van der Waals surface area contributed by atoms with E-state index in [0.717, 1.165) is 19.6 Å². The molecule has 3 aromatic rings. The van der Waals surface area contributed by atoms with Crippen molar-refractivity contribution < 1.29 is 9.18 Å². The van der Waals surface area contributed by atoms with Crippen molar-refractivity contribution in [3.05, 3.63) is 76.3 Å². The van der Waals surface area contributed by atoms with Crippen LogP contribution in [0, 0.1) is 5.82 Å². The summed E-state index contributed by atoms with van der Waals surface area (Å²) in [6.45, 7) is 3.50. The standard InChI is InChI=1S/C25H26FN5O2/c26-18-9-3-5-11-20(18)31-16-21(32)22(24(31)27-12-15-30-13-6-1-7-14-30)23-28-19-10-4-2-8-17(19)25(33)29-23/h2-5,8-11,27H,1,6-7,12-16H2,(H,28,29,33). The van der Waals surface area contributed by atoms with Gasteiger partial charge in [-0.2, -0.15) is 0 Å². The lowest BCUT2D eigenvalue weighted by atomic mass is 10.1. The zero-order valence-electron chi connectivity index (χ0n) is 18.3. The summed E-state index contributed by atoms with van der Waals surface area (Å²) in [6, 6.07) is 13.4. The number of para-hydroxylation sites is 2. The van der Waals surface area contributed by atoms with Crippen molar-refractivity contribution >= 4 is 27.9 Å². The lowest BCUT2D eigenvalue weighted by Gasteiger charge is -2.28. The number of hydrogen-bond acceptors (Lipinski definition) is 6. The van der Waals surface area contributed by atoms with Crippen molar-refractivity contribution in [2.75, 3.05) is 37.6 Å². The first-order valence-electron chi connectivity index (χ1n) is 11.4. The molecule has 0 aliphatic carbocycles. The average molecular weight is 448 g/mol. The van der Waals surface area contributed by atoms with Crippen LogP contribution in [0.4, 0.5) is 10.1 Å². The summed E-state index contributed by atoms with van der Waals surface area (Å²) < 4.78 is 14.7. The molecule has 0 radical (unpaired) electrons. The number of benzene rings is 2. The summed E-state index contributed by atoms with van der Waals surface area (Å²) in [4.78, 5) is 37.2. The Balaban J connectivity index is 1.54. The van der Waals surface area contributed by atoms with Crippen molar-refractivity contribution in [3.8, 4) is 0 Å². The molecule has 5 rings (SSSR count). The van der Waals surface area contributed by atoms with Crippen molar-refractivity contribution in [1.82, 2.24) is 20.2 Å². The molecule has 0 atom stereocenters. The van der Waals surface area contributed by atoms with E-state index in [4.69, 9.17) is 0 Å². The Labute approximate surface area is 190 Å². The molecule has 0 bridgehead atoms. The number of aromatic amines is 1. The molecule has 0 saturated carbocycles. The van der Waals surface area contributed by atoms with Gasteiger partial charge in [-0.05, 0) is 50.2 Å². The molecule has 2 N–H and O–H groups in total. The molecule has 2 aliphatic heterocycles. The Kier molecular flexibility index (Phi) is 5.92. The van der Waals surface area contributed by atoms with Gasteiger partial charge in [-0.1, -0.05) is 30.7 Å². The topological polar surface area (TPSA) is 81.3 Å². The smallest absolute Gasteiger partial charge is 0.259 e. The molecular formula is C25H26FN5O2. The van der Waals surface area contributed by atoms with Gasteiger partial charge in [0.1, 0.15) is 23.0 Å². The molecule has 8 heteroatoms. The van der Waals surface area contributed by atoms with Crippen LogP contribution in [-0.2, 0) is 4.79 Å². The second kappa shape index (κ2) is 9.15. The Morgan fingerprint density at radius 3 is 2.58 bits per heavy atom. The van der Waals surface area contributed by atoms with Gasteiger partial charge in [0.15, 0.2) is 5.78 Å². The molecule has 0 unspecified atom stereocenters. The van der Waals surface area contributed by atoms with E-state index in [1.165, 1.54) is 25.3 Å². The number of rotatable bonds is 6. The second-order valence-electron chi connectivity index (χ2n) is 8.45. The number of likely N-dealkylation sites (tertiary alicyclic amines) is 1. The lowest BCUT2D eigenvalue weighted by molar-refractivity contribution is -0.112. The highest BCUT2D eigenvalue weighted by atomic mass is 19.1. The van der Waals surface area contributed by atoms with E-state index >= 15 is 0 Å². The first-order chi connectivity index (χ1) is 16.1. The Hall–Kier alpha value is -3.52. The fraction of sp³-hybridized carbons (Fsp3) is 0.320. The molecule has 0 spiro atoms. The predicted octanol–water partition coefficient (Wildman–Crippen LogP) is 2.90. The van der Waals surface area contributed by atoms with Gasteiger partial charge in [-0.15, -0.1) is 0 Å². The molecule has 2 aromatic carbocycles. The van der Waals surface area contributed by atoms with Crippen molar-refractivity contribution in [2.45, 2.75) is 19.3 Å². The number of piperidine rings is 1. The largest absolute Gasteiger partial charge is 0.369 e. The molecule has 1 saturated heterocycles. The van der Waals surface area contributed by atoms with Crippen LogP contribution in [0.15, 0.2) is 59.1 Å². The lowest BCUT2D eigenvalue weighted by Crippen LogP contribution is -2.38. The number of H-pyrrole nitrogens is 1. The maximum atomic E-state index is 14.7. The fourth-order valence-electron chi connectivity index (χ4n) is 4.59. The minimum atomic E-state index is -0.415. The van der Waals surface area contributed by atoms with Crippen LogP contribution >= 0.6 is 0 Å². The molecular weight excluding hydrogens is 421 g/mol. The van der Waals surface area contributed by atoms with Crippen LogP contribution in [0.2, 0.25) is 0 Å². The monoisotopic (exact) mass is 447 g/mol. The SMILES string of the molecule is O=C1CN(c2ccccc2F)C(NCCN2CCCCC2)=C1c1nc2ccccc2c(=O)[nH]1. The van der Waals surface area contributed by atoms with E-state index in [-0.39, 0.29) is 29.3 Å². The number of Topliss-reactive ketones (excluding diaryl/α,β-unsaturated/α-hetero) is 1. The Bertz CT molecular complexity index is 1280. The van der Waals surface area contributed by atoms with Crippen LogP contribution in [0.1, 0.15) is 25.1 Å². The first-order valence-corrected chi connectivity index (χ1v) is 11.4. The zero-order chi connectivity index (χ0) is 22.8. The molecule has 1 fully saturated rings. The number of ketones is 1. The third kappa shape index (κ3) is 4.26. The number of fused-ring (bicyclic) bond motifs is 1. The van der Waals surface area contributed by atoms with E-state index in [2.05, 4.69) is 20.2 Å². The predicted molar refractivity (Wildman–Crippen MR) is 126 cm³/mol. The van der Waals surface area contributed by atoms with Crippen LogP contribution in [0.3, 0.4) is 0 Å². The summed E-state index contributed by atoms with van der Waals surface area (Å²) in [6.07, 6.45) is 3.64. The number of nitrogens with zero attached hydrogens (tertiary/aromatic N) is 3. The van der Waals surface area contributed by atoms with Crippen LogP contribution < -0.4 is 15.8 Å². The minimum Gasteiger partial charge on any atom is -0.369 e. The third-order valence-corrected chi connectivity index (χ3v) is 6.25. The number of anilines is 1. The van der Waals surface area contributed by atoms with Crippen LogP contribution in [-0.4, -0.2) is 53.4 Å². The van der Waals surface area contributed by atoms with Gasteiger partial charge in [0, 0.05) is 13.1 Å². The van der Waals surface area contributed by atoms with Crippen LogP contribution in [0.5, 0.6) is 0 Å². The molecule has 2 aliphatic rings. The highest BCUT2D eigenvalue weighted by molar-refractivity contribution is 6.26. The average Bonchev–Trinajstić information content (AvgIpc) is 3.15. The van der Waals surface area contributed by atoms with Gasteiger partial charge in [0.25, 0.3) is 5.56 Å². The molecule has 7 nitrogen and oxygen atoms in total. The van der Waals surface area contributed by atoms with Crippen LogP contribution in [0.25, 0.3) is 16.5 Å². The summed E-state index contributed by atoms with van der Waals surface area (Å²) in [5.74, 6) is 0.0301. The number of aromatic nitrogens is 2. The zero-order valence-corrected chi connectivity index (χ0v) is 18.3. The third-order valence-electron chi connectivity index (χ3n) is 6.25. The fourth-order valence-corrected chi connectivity index (χ4v) is 4.59. The molecule has 170 valence electrons. The van der Waals surface area contributed by atoms with Gasteiger partial charge >= 0.3 is 0 Å². The highest BCUT2D eigenvalue weighted by Gasteiger charge is 2.34. The van der Waals surface area contributed by atoms with Gasteiger partial charge in [-0.3, -0.25) is 9.59 Å². The summed E-state index contributed by atoms with van der Waals surface area (Å²) >= 11 is 0. The number of carbonyl (C=O) groups excluding carboxylic acids is 1. The van der Waals surface area contributed by atoms with Crippen molar-refractivity contribution in [3.63, 3.8) is 0 Å². The maximum absolute atomic E-state index is 14.7. The Morgan fingerprint density at radius 2 is 1.76 bits per heavy atom. The molecule has 1 aromatic heterocycles. The van der Waals surface area contributed by atoms with Gasteiger partial charge < -0.3 is 20.1 Å². The van der Waals surface area contributed by atoms with E-state index in [9.17, 15) is 14.0 Å².